The summed E-state index contributed by atoms with van der Waals surface area (Å²) in [7, 11) is -4.64. The van der Waals surface area contributed by atoms with Crippen LogP contribution in [0, 0.1) is 11.8 Å². The molecule has 0 aromatic rings. The van der Waals surface area contributed by atoms with E-state index >= 15 is 0 Å². The number of unbranched alkanes of at least 4 members (excludes halogenated alkanes) is 5. The van der Waals surface area contributed by atoms with E-state index < -0.39 is 81.5 Å². The van der Waals surface area contributed by atoms with Crippen molar-refractivity contribution in [1.82, 2.24) is 9.80 Å². The highest BCUT2D eigenvalue weighted by Gasteiger charge is 2.44. The maximum Gasteiger partial charge on any atom is 0.472 e. The zero-order valence-corrected chi connectivity index (χ0v) is 36.6. The van der Waals surface area contributed by atoms with Crippen LogP contribution in [-0.4, -0.2) is 188 Å². The van der Waals surface area contributed by atoms with Crippen molar-refractivity contribution in [1.29, 1.82) is 0 Å². The number of carbonyl (C=O) groups is 2. The van der Waals surface area contributed by atoms with E-state index in [4.69, 9.17) is 28.0 Å². The SMILES string of the molecule is CC(C)OC[C@@H]1C[C@@H](OP(=O)(O)OC[C@@H]2C[C@@H](O)CN2C(=O)CCCCCCC2OC(CO)C(O)C(O)C2C)CN1C(=O)CCCCCOC1OC(CO)C(O)C(O)C1C. The lowest BCUT2D eigenvalue weighted by Gasteiger charge is -2.41. The van der Waals surface area contributed by atoms with E-state index in [0.717, 1.165) is 19.3 Å². The molecule has 0 aromatic heterocycles. The van der Waals surface area contributed by atoms with Crippen molar-refractivity contribution in [2.45, 2.75) is 184 Å². The van der Waals surface area contributed by atoms with Gasteiger partial charge in [0.2, 0.25) is 11.8 Å². The summed E-state index contributed by atoms with van der Waals surface area (Å²) in [6.07, 6.45) is -2.73. The summed E-state index contributed by atoms with van der Waals surface area (Å²) in [6, 6.07) is -1.01. The molecule has 2 amide bonds. The number of hydrogen-bond donors (Lipinski definition) is 8. The van der Waals surface area contributed by atoms with Crippen LogP contribution < -0.4 is 0 Å². The summed E-state index contributed by atoms with van der Waals surface area (Å²) in [5.74, 6) is -1.13. The number of amides is 2. The molecule has 4 aliphatic rings. The van der Waals surface area contributed by atoms with Crippen molar-refractivity contribution in [3.8, 4) is 0 Å². The van der Waals surface area contributed by atoms with Crippen LogP contribution in [0.2, 0.25) is 0 Å². The molecule has 15 atom stereocenters. The smallest absolute Gasteiger partial charge is 0.394 e. The minimum atomic E-state index is -4.64. The second kappa shape index (κ2) is 24.6. The van der Waals surface area contributed by atoms with Crippen LogP contribution in [0.3, 0.4) is 0 Å². The van der Waals surface area contributed by atoms with E-state index in [9.17, 15) is 54.8 Å². The first-order chi connectivity index (χ1) is 28.5. The Morgan fingerprint density at radius 2 is 1.28 bits per heavy atom. The molecule has 20 heteroatoms. The van der Waals surface area contributed by atoms with Gasteiger partial charge in [0.15, 0.2) is 6.29 Å². The number of carbonyl (C=O) groups excluding carboxylic acids is 2. The number of aliphatic hydroxyl groups excluding tert-OH is 7. The van der Waals surface area contributed by atoms with Gasteiger partial charge in [0.1, 0.15) is 24.4 Å². The lowest BCUT2D eigenvalue weighted by atomic mass is 9.86. The molecule has 0 aromatic carbocycles. The van der Waals surface area contributed by atoms with Crippen LogP contribution in [0.25, 0.3) is 0 Å². The van der Waals surface area contributed by atoms with Gasteiger partial charge in [-0.05, 0) is 52.4 Å². The van der Waals surface area contributed by atoms with Crippen LogP contribution in [0.1, 0.15) is 105 Å². The Bertz CT molecular complexity index is 1350. The second-order valence-corrected chi connectivity index (χ2v) is 18.7. The van der Waals surface area contributed by atoms with Crippen LogP contribution in [-0.2, 0) is 42.1 Å². The van der Waals surface area contributed by atoms with E-state index in [-0.39, 0.29) is 101 Å². The normalized spacial score (nSPS) is 36.0. The number of phosphoric acid groups is 1. The molecule has 4 heterocycles. The van der Waals surface area contributed by atoms with E-state index in [1.807, 2.05) is 13.8 Å². The molecule has 350 valence electrons. The van der Waals surface area contributed by atoms with Gasteiger partial charge >= 0.3 is 7.82 Å². The average Bonchev–Trinajstić information content (AvgIpc) is 3.80. The highest BCUT2D eigenvalue weighted by atomic mass is 31.2. The van der Waals surface area contributed by atoms with Gasteiger partial charge in [-0.1, -0.05) is 39.5 Å². The Hall–Kier alpha value is -1.39. The van der Waals surface area contributed by atoms with E-state index in [1.165, 1.54) is 4.90 Å². The minimum absolute atomic E-state index is 0.0623. The first kappa shape index (κ1) is 51.2. The fourth-order valence-corrected chi connectivity index (χ4v) is 9.51. The van der Waals surface area contributed by atoms with Gasteiger partial charge in [0, 0.05) is 44.4 Å². The van der Waals surface area contributed by atoms with E-state index in [0.29, 0.717) is 32.1 Å². The minimum Gasteiger partial charge on any atom is -0.394 e. The number of nitrogens with zero attached hydrogens (tertiary/aromatic N) is 2. The third kappa shape index (κ3) is 14.8. The highest BCUT2D eigenvalue weighted by molar-refractivity contribution is 7.47. The monoisotopic (exact) mass is 884 g/mol. The number of aliphatic hydroxyl groups is 7. The molecule has 0 radical (unpaired) electrons. The molecule has 4 rings (SSSR count). The molecule has 0 bridgehead atoms. The molecule has 4 fully saturated rings. The number of phosphoric ester groups is 1. The van der Waals surface area contributed by atoms with Crippen molar-refractivity contribution in [2.75, 3.05) is 46.1 Å². The molecule has 0 spiro atoms. The molecule has 0 saturated carbocycles. The van der Waals surface area contributed by atoms with Gasteiger partial charge in [0.25, 0.3) is 0 Å². The summed E-state index contributed by atoms with van der Waals surface area (Å²) in [6.45, 7) is 6.74. The van der Waals surface area contributed by atoms with Crippen LogP contribution in [0.15, 0.2) is 0 Å². The number of hydrogen-bond acceptors (Lipinski definition) is 16. The Morgan fingerprint density at radius 1 is 0.717 bits per heavy atom. The summed E-state index contributed by atoms with van der Waals surface area (Å²) < 4.78 is 47.1. The fourth-order valence-electron chi connectivity index (χ4n) is 8.56. The third-order valence-corrected chi connectivity index (χ3v) is 13.3. The molecule has 11 unspecified atom stereocenters. The van der Waals surface area contributed by atoms with Crippen LogP contribution in [0.4, 0.5) is 0 Å². The van der Waals surface area contributed by atoms with Crippen molar-refractivity contribution in [3.05, 3.63) is 0 Å². The number of likely N-dealkylation sites (tertiary alicyclic amines) is 2. The first-order valence-corrected chi connectivity index (χ1v) is 23.4. The first-order valence-electron chi connectivity index (χ1n) is 21.9. The molecule has 8 N–H and O–H groups in total. The molecule has 60 heavy (non-hydrogen) atoms. The molecular weight excluding hydrogens is 811 g/mol. The van der Waals surface area contributed by atoms with Gasteiger partial charge in [-0.25, -0.2) is 4.57 Å². The molecular formula is C40H73N2O17P. The molecule has 4 aliphatic heterocycles. The van der Waals surface area contributed by atoms with Gasteiger partial charge in [-0.3, -0.25) is 18.6 Å². The highest BCUT2D eigenvalue weighted by Crippen LogP contribution is 2.47. The Balaban J connectivity index is 1.17. The van der Waals surface area contributed by atoms with Crippen molar-refractivity contribution in [3.63, 3.8) is 0 Å². The summed E-state index contributed by atoms with van der Waals surface area (Å²) in [5, 5.41) is 69.9. The third-order valence-electron chi connectivity index (χ3n) is 12.3. The van der Waals surface area contributed by atoms with Crippen LogP contribution >= 0.6 is 7.82 Å². The van der Waals surface area contributed by atoms with Crippen molar-refractivity contribution in [2.24, 2.45) is 11.8 Å². The van der Waals surface area contributed by atoms with Crippen molar-refractivity contribution >= 4 is 19.6 Å². The average molecular weight is 885 g/mol. The van der Waals surface area contributed by atoms with Gasteiger partial charge < -0.3 is 69.4 Å². The standard InChI is InChI=1S/C40H73N2O17P/c1-24(2)55-22-28-17-30(19-42(28)35(47)14-10-7-11-15-54-40-26(4)37(49)39(51)33(21-44)58-40)59-60(52,53)56-23-27-16-29(45)18-41(27)34(46)13-9-6-5-8-12-31-25(3)36(48)38(50)32(20-43)57-31/h24-33,36-40,43-45,48-51H,5-23H2,1-4H3,(H,52,53)/t25?,26?,27-,28-,29+,30+,31?,32?,33?,36?,37?,38?,39?,40?/m0/s1. The Kier molecular flexibility index (Phi) is 21.0. The fraction of sp³-hybridized carbons (Fsp3) is 0.950. The number of rotatable bonds is 24. The predicted octanol–water partition coefficient (Wildman–Crippen LogP) is 0.587. The molecule has 0 aliphatic carbocycles. The summed E-state index contributed by atoms with van der Waals surface area (Å²) in [4.78, 5) is 40.4. The van der Waals surface area contributed by atoms with Gasteiger partial charge in [-0.2, -0.15) is 0 Å². The lowest BCUT2D eigenvalue weighted by Crippen LogP contribution is -2.55. The van der Waals surface area contributed by atoms with Gasteiger partial charge in [-0.15, -0.1) is 0 Å². The lowest BCUT2D eigenvalue weighted by molar-refractivity contribution is -0.282. The Morgan fingerprint density at radius 3 is 1.92 bits per heavy atom. The van der Waals surface area contributed by atoms with E-state index in [1.54, 1.807) is 18.7 Å². The summed E-state index contributed by atoms with van der Waals surface area (Å²) >= 11 is 0. The largest absolute Gasteiger partial charge is 0.472 e. The quantitative estimate of drug-likeness (QED) is 0.0487. The zero-order valence-electron chi connectivity index (χ0n) is 35.7. The maximum absolute atomic E-state index is 13.4. The predicted molar refractivity (Wildman–Crippen MR) is 214 cm³/mol. The Labute approximate surface area is 353 Å². The molecule has 19 nitrogen and oxygen atoms in total. The zero-order chi connectivity index (χ0) is 44.1. The topological polar surface area (TPSA) is 275 Å². The van der Waals surface area contributed by atoms with Crippen molar-refractivity contribution < 1.29 is 82.8 Å². The van der Waals surface area contributed by atoms with E-state index in [2.05, 4.69) is 0 Å². The van der Waals surface area contributed by atoms with Crippen LogP contribution in [0.5, 0.6) is 0 Å². The maximum atomic E-state index is 13.4. The second-order valence-electron chi connectivity index (χ2n) is 17.3. The molecule has 4 saturated heterocycles. The van der Waals surface area contributed by atoms with Gasteiger partial charge in [0.05, 0.1) is 75.1 Å². The number of β-amino-alcohol motifs (C(OH)–C–C–N with tert-alkyl or cyclic N) is 1. The number of ether oxygens (including phenoxy) is 4. The summed E-state index contributed by atoms with van der Waals surface area (Å²) in [5.41, 5.74) is 0.